The second kappa shape index (κ2) is 6.93. The number of carboxylic acids is 1. The minimum atomic E-state index is -2.06. The van der Waals surface area contributed by atoms with Crippen LogP contribution in [0.4, 0.5) is 4.79 Å². The third-order valence-electron chi connectivity index (χ3n) is 2.26. The van der Waals surface area contributed by atoms with E-state index in [1.54, 1.807) is 0 Å². The van der Waals surface area contributed by atoms with Gasteiger partial charge in [0.05, 0.1) is 6.54 Å². The van der Waals surface area contributed by atoms with Gasteiger partial charge in [-0.3, -0.25) is 4.79 Å². The van der Waals surface area contributed by atoms with Gasteiger partial charge < -0.3 is 26.2 Å². The third kappa shape index (κ3) is 6.61. The van der Waals surface area contributed by atoms with Gasteiger partial charge in [0.15, 0.2) is 5.60 Å². The van der Waals surface area contributed by atoms with Crippen molar-refractivity contribution < 1.29 is 24.6 Å². The number of carboxylic acid groups (broad SMARTS) is 1. The number of urea groups is 1. The fourth-order valence-corrected chi connectivity index (χ4v) is 1.28. The molecule has 0 aliphatic carbocycles. The number of amides is 3. The highest BCUT2D eigenvalue weighted by atomic mass is 16.4. The van der Waals surface area contributed by atoms with E-state index in [2.05, 4.69) is 5.32 Å². The minimum Gasteiger partial charge on any atom is -0.479 e. The highest BCUT2D eigenvalue weighted by Gasteiger charge is 2.31. The maximum absolute atomic E-state index is 11.8. The van der Waals surface area contributed by atoms with E-state index in [0.717, 1.165) is 6.92 Å². The number of aliphatic carboxylic acids is 1. The molecule has 0 rings (SSSR count). The Morgan fingerprint density at radius 1 is 1.37 bits per heavy atom. The Bertz CT molecular complexity index is 354. The lowest BCUT2D eigenvalue weighted by atomic mass is 10.1. The first kappa shape index (κ1) is 17.2. The normalized spacial score (nSPS) is 13.7. The molecule has 5 N–H and O–H groups in total. The Hall–Kier alpha value is -1.83. The van der Waals surface area contributed by atoms with Gasteiger partial charge in [-0.15, -0.1) is 0 Å². The minimum absolute atomic E-state index is 0.116. The van der Waals surface area contributed by atoms with Crippen molar-refractivity contribution in [2.75, 3.05) is 19.6 Å². The molecule has 1 unspecified atom stereocenters. The number of carbonyl (C=O) groups is 3. The van der Waals surface area contributed by atoms with Gasteiger partial charge in [-0.25, -0.2) is 9.59 Å². The van der Waals surface area contributed by atoms with Gasteiger partial charge in [-0.05, 0) is 12.8 Å². The van der Waals surface area contributed by atoms with Gasteiger partial charge >= 0.3 is 12.0 Å². The van der Waals surface area contributed by atoms with Crippen LogP contribution in [0, 0.1) is 5.92 Å². The van der Waals surface area contributed by atoms with Crippen LogP contribution in [0.25, 0.3) is 0 Å². The lowest BCUT2D eigenvalue weighted by Gasteiger charge is -2.25. The van der Waals surface area contributed by atoms with E-state index in [4.69, 9.17) is 10.8 Å². The summed E-state index contributed by atoms with van der Waals surface area (Å²) in [5.41, 5.74) is 2.97. The summed E-state index contributed by atoms with van der Waals surface area (Å²) in [6, 6.07) is -0.644. The van der Waals surface area contributed by atoms with E-state index >= 15 is 0 Å². The summed E-state index contributed by atoms with van der Waals surface area (Å²) >= 11 is 0. The summed E-state index contributed by atoms with van der Waals surface area (Å²) in [5, 5.41) is 20.4. The van der Waals surface area contributed by atoms with Crippen LogP contribution in [-0.2, 0) is 9.59 Å². The van der Waals surface area contributed by atoms with Crippen LogP contribution in [0.1, 0.15) is 20.8 Å². The average molecular weight is 275 g/mol. The maximum atomic E-state index is 11.8. The number of hydrogen-bond donors (Lipinski definition) is 4. The molecule has 0 saturated heterocycles. The molecule has 1 atom stereocenters. The van der Waals surface area contributed by atoms with Gasteiger partial charge in [0.2, 0.25) is 5.91 Å². The lowest BCUT2D eigenvalue weighted by molar-refractivity contribution is -0.155. The topological polar surface area (TPSA) is 133 Å². The fraction of sp³-hybridized carbons (Fsp3) is 0.727. The Morgan fingerprint density at radius 2 is 1.89 bits per heavy atom. The SMILES string of the molecule is CC(C)CN(CC(N)=O)C(=O)NCC(C)(O)C(=O)O. The van der Waals surface area contributed by atoms with Crippen LogP contribution < -0.4 is 11.1 Å². The molecule has 0 fully saturated rings. The predicted molar refractivity (Wildman–Crippen MR) is 67.3 cm³/mol. The van der Waals surface area contributed by atoms with Crippen molar-refractivity contribution in [3.8, 4) is 0 Å². The first-order valence-electron chi connectivity index (χ1n) is 5.83. The monoisotopic (exact) mass is 275 g/mol. The van der Waals surface area contributed by atoms with Gasteiger partial charge in [0.25, 0.3) is 0 Å². The number of carbonyl (C=O) groups excluding carboxylic acids is 2. The van der Waals surface area contributed by atoms with Crippen molar-refractivity contribution in [1.82, 2.24) is 10.2 Å². The Labute approximate surface area is 111 Å². The Balaban J connectivity index is 4.56. The summed E-state index contributed by atoms with van der Waals surface area (Å²) in [7, 11) is 0. The number of rotatable bonds is 7. The van der Waals surface area contributed by atoms with Crippen molar-refractivity contribution in [3.05, 3.63) is 0 Å². The van der Waals surface area contributed by atoms with Crippen molar-refractivity contribution in [1.29, 1.82) is 0 Å². The molecule has 0 aliphatic heterocycles. The van der Waals surface area contributed by atoms with E-state index in [-0.39, 0.29) is 12.5 Å². The molecule has 0 aromatic carbocycles. The molecule has 0 aromatic heterocycles. The standard InChI is InChI=1S/C11H21N3O5/c1-7(2)4-14(5-8(12)15)10(18)13-6-11(3,19)9(16)17/h7,19H,4-6H2,1-3H3,(H2,12,15)(H,13,18)(H,16,17). The lowest BCUT2D eigenvalue weighted by Crippen LogP contribution is -2.52. The van der Waals surface area contributed by atoms with E-state index in [9.17, 15) is 19.5 Å². The molecule has 0 radical (unpaired) electrons. The van der Waals surface area contributed by atoms with Crippen molar-refractivity contribution in [2.45, 2.75) is 26.4 Å². The first-order valence-corrected chi connectivity index (χ1v) is 5.83. The first-order chi connectivity index (χ1) is 8.56. The van der Waals surface area contributed by atoms with Crippen LogP contribution in [-0.4, -0.2) is 58.3 Å². The molecule has 3 amide bonds. The maximum Gasteiger partial charge on any atom is 0.337 e. The Kier molecular flexibility index (Phi) is 6.26. The van der Waals surface area contributed by atoms with E-state index in [1.807, 2.05) is 13.8 Å². The molecular weight excluding hydrogens is 254 g/mol. The number of nitrogens with two attached hydrogens (primary N) is 1. The Morgan fingerprint density at radius 3 is 2.26 bits per heavy atom. The smallest absolute Gasteiger partial charge is 0.337 e. The van der Waals surface area contributed by atoms with Crippen molar-refractivity contribution in [2.24, 2.45) is 11.7 Å². The van der Waals surface area contributed by atoms with Gasteiger partial charge in [0, 0.05) is 6.54 Å². The molecular formula is C11H21N3O5. The zero-order valence-electron chi connectivity index (χ0n) is 11.3. The second-order valence-corrected chi connectivity index (χ2v) is 4.98. The van der Waals surface area contributed by atoms with Crippen molar-refractivity contribution in [3.63, 3.8) is 0 Å². The fourth-order valence-electron chi connectivity index (χ4n) is 1.28. The van der Waals surface area contributed by atoms with E-state index < -0.39 is 30.1 Å². The average Bonchev–Trinajstić information content (AvgIpc) is 2.23. The molecule has 0 heterocycles. The number of nitrogens with zero attached hydrogens (tertiary/aromatic N) is 1. The summed E-state index contributed by atoms with van der Waals surface area (Å²) < 4.78 is 0. The molecule has 8 nitrogen and oxygen atoms in total. The summed E-state index contributed by atoms with van der Waals surface area (Å²) in [5.74, 6) is -2.00. The second-order valence-electron chi connectivity index (χ2n) is 4.98. The van der Waals surface area contributed by atoms with E-state index in [1.165, 1.54) is 4.90 Å². The molecule has 0 spiro atoms. The number of primary amides is 1. The third-order valence-corrected chi connectivity index (χ3v) is 2.26. The van der Waals surface area contributed by atoms with Crippen LogP contribution >= 0.6 is 0 Å². The molecule has 8 heteroatoms. The molecule has 110 valence electrons. The van der Waals surface area contributed by atoms with Crippen LogP contribution in [0.3, 0.4) is 0 Å². The molecule has 0 aromatic rings. The van der Waals surface area contributed by atoms with Gasteiger partial charge in [-0.1, -0.05) is 13.8 Å². The summed E-state index contributed by atoms with van der Waals surface area (Å²) in [6.07, 6.45) is 0. The van der Waals surface area contributed by atoms with Crippen molar-refractivity contribution >= 4 is 17.9 Å². The largest absolute Gasteiger partial charge is 0.479 e. The zero-order valence-corrected chi connectivity index (χ0v) is 11.3. The molecule has 19 heavy (non-hydrogen) atoms. The highest BCUT2D eigenvalue weighted by molar-refractivity contribution is 5.83. The number of aliphatic hydroxyl groups is 1. The van der Waals surface area contributed by atoms with Crippen LogP contribution in [0.15, 0.2) is 0 Å². The zero-order chi connectivity index (χ0) is 15.2. The predicted octanol–water partition coefficient (Wildman–Crippen LogP) is -1.03. The van der Waals surface area contributed by atoms with Gasteiger partial charge in [-0.2, -0.15) is 0 Å². The van der Waals surface area contributed by atoms with Crippen LogP contribution in [0.5, 0.6) is 0 Å². The van der Waals surface area contributed by atoms with E-state index in [0.29, 0.717) is 6.54 Å². The molecule has 0 bridgehead atoms. The summed E-state index contributed by atoms with van der Waals surface area (Å²) in [6.45, 7) is 4.34. The number of hydrogen-bond acceptors (Lipinski definition) is 4. The molecule has 0 aliphatic rings. The number of nitrogens with one attached hydrogen (secondary N) is 1. The quantitative estimate of drug-likeness (QED) is 0.471. The summed E-state index contributed by atoms with van der Waals surface area (Å²) in [4.78, 5) is 34.5. The van der Waals surface area contributed by atoms with Gasteiger partial charge in [0.1, 0.15) is 6.54 Å². The van der Waals surface area contributed by atoms with Crippen LogP contribution in [0.2, 0.25) is 0 Å². The molecule has 0 saturated carbocycles. The highest BCUT2D eigenvalue weighted by Crippen LogP contribution is 2.03.